The Hall–Kier alpha value is -0.380. The lowest BCUT2D eigenvalue weighted by atomic mass is 10.2. The van der Waals surface area contributed by atoms with Gasteiger partial charge < -0.3 is 10.6 Å². The average molecular weight is 215 g/mol. The maximum absolute atomic E-state index is 4.42. The zero-order chi connectivity index (χ0) is 10.2. The predicted octanol–water partition coefficient (Wildman–Crippen LogP) is 1.46. The molecule has 0 fully saturated rings. The monoisotopic (exact) mass is 215 g/mol. The van der Waals surface area contributed by atoms with Crippen molar-refractivity contribution in [2.45, 2.75) is 32.7 Å². The first-order valence-electron chi connectivity index (χ1n) is 5.49. The molecule has 14 heavy (non-hydrogen) atoms. The maximum Gasteiger partial charge on any atom is 0.191 e. The van der Waals surface area contributed by atoms with Gasteiger partial charge >= 0.3 is 0 Å². The Morgan fingerprint density at radius 3 is 3.14 bits per heavy atom. The molecule has 0 bridgehead atoms. The minimum atomic E-state index is 0.571. The predicted molar refractivity (Wildman–Crippen MR) is 65.1 cm³/mol. The van der Waals surface area contributed by atoms with Crippen LogP contribution in [0.5, 0.6) is 0 Å². The van der Waals surface area contributed by atoms with Gasteiger partial charge in [0.25, 0.3) is 0 Å². The highest BCUT2D eigenvalue weighted by Gasteiger charge is 2.15. The number of nitrogens with zero attached hydrogens (tertiary/aromatic N) is 1. The number of nitrogens with one attached hydrogen (secondary N) is 2. The number of hydrogen-bond donors (Lipinski definition) is 2. The van der Waals surface area contributed by atoms with Crippen molar-refractivity contribution in [2.75, 3.05) is 24.6 Å². The van der Waals surface area contributed by atoms with Crippen molar-refractivity contribution < 1.29 is 0 Å². The molecule has 0 radical (unpaired) electrons. The van der Waals surface area contributed by atoms with Crippen LogP contribution in [0.1, 0.15) is 26.7 Å². The van der Waals surface area contributed by atoms with Crippen molar-refractivity contribution in [1.29, 1.82) is 0 Å². The van der Waals surface area contributed by atoms with E-state index in [-0.39, 0.29) is 0 Å². The second-order valence-corrected chi connectivity index (χ2v) is 4.84. The standard InChI is InChI=1S/C10H21N3S/c1-3-5-9-8-12-10(13-9)11-6-7-14-4-2/h9H,3-8H2,1-2H3,(H2,11,12,13). The molecule has 0 aliphatic carbocycles. The van der Waals surface area contributed by atoms with Gasteiger partial charge in [-0.2, -0.15) is 11.8 Å². The van der Waals surface area contributed by atoms with Gasteiger partial charge in [0.1, 0.15) is 0 Å². The fourth-order valence-electron chi connectivity index (χ4n) is 1.49. The zero-order valence-corrected chi connectivity index (χ0v) is 9.99. The van der Waals surface area contributed by atoms with E-state index in [2.05, 4.69) is 29.5 Å². The number of thioether (sulfide) groups is 1. The first-order valence-corrected chi connectivity index (χ1v) is 6.64. The summed E-state index contributed by atoms with van der Waals surface area (Å²) in [6.45, 7) is 6.36. The van der Waals surface area contributed by atoms with Crippen LogP contribution in [0, 0.1) is 0 Å². The molecule has 0 spiro atoms. The lowest BCUT2D eigenvalue weighted by molar-refractivity contribution is 0.588. The highest BCUT2D eigenvalue weighted by molar-refractivity contribution is 7.99. The molecule has 3 nitrogen and oxygen atoms in total. The highest BCUT2D eigenvalue weighted by Crippen LogP contribution is 2.02. The molecule has 0 amide bonds. The van der Waals surface area contributed by atoms with Crippen molar-refractivity contribution in [3.8, 4) is 0 Å². The van der Waals surface area contributed by atoms with Crippen molar-refractivity contribution in [3.05, 3.63) is 0 Å². The van der Waals surface area contributed by atoms with E-state index in [1.54, 1.807) is 0 Å². The first-order chi connectivity index (χ1) is 6.86. The van der Waals surface area contributed by atoms with Crippen molar-refractivity contribution in [2.24, 2.45) is 4.99 Å². The Morgan fingerprint density at radius 1 is 1.57 bits per heavy atom. The Bertz CT molecular complexity index is 182. The summed E-state index contributed by atoms with van der Waals surface area (Å²) in [7, 11) is 0. The van der Waals surface area contributed by atoms with Crippen LogP contribution in [0.15, 0.2) is 4.99 Å². The molecular weight excluding hydrogens is 194 g/mol. The Labute approximate surface area is 91.1 Å². The molecule has 0 saturated heterocycles. The zero-order valence-electron chi connectivity index (χ0n) is 9.18. The van der Waals surface area contributed by atoms with E-state index in [1.807, 2.05) is 11.8 Å². The van der Waals surface area contributed by atoms with Crippen LogP contribution >= 0.6 is 11.8 Å². The third kappa shape index (κ3) is 4.22. The molecule has 0 aromatic carbocycles. The third-order valence-corrected chi connectivity index (χ3v) is 3.09. The number of guanidine groups is 1. The second kappa shape index (κ2) is 6.98. The van der Waals surface area contributed by atoms with Crippen LogP contribution in [0.4, 0.5) is 0 Å². The molecule has 1 rings (SSSR count). The summed E-state index contributed by atoms with van der Waals surface area (Å²) >= 11 is 1.96. The minimum absolute atomic E-state index is 0.571. The normalized spacial score (nSPS) is 20.4. The van der Waals surface area contributed by atoms with Crippen LogP contribution in [-0.4, -0.2) is 36.6 Å². The quantitative estimate of drug-likeness (QED) is 0.659. The van der Waals surface area contributed by atoms with Crippen molar-refractivity contribution in [3.63, 3.8) is 0 Å². The first kappa shape index (κ1) is 11.7. The average Bonchev–Trinajstić information content (AvgIpc) is 2.61. The summed E-state index contributed by atoms with van der Waals surface area (Å²) in [5.41, 5.74) is 0. The lowest BCUT2D eigenvalue weighted by Gasteiger charge is -2.11. The number of aliphatic imine (C=N–C) groups is 1. The molecule has 2 N–H and O–H groups in total. The van der Waals surface area contributed by atoms with Crippen LogP contribution in [0.25, 0.3) is 0 Å². The van der Waals surface area contributed by atoms with E-state index >= 15 is 0 Å². The second-order valence-electron chi connectivity index (χ2n) is 3.44. The fourth-order valence-corrected chi connectivity index (χ4v) is 2.03. The molecule has 1 unspecified atom stereocenters. The van der Waals surface area contributed by atoms with Gasteiger partial charge in [0.2, 0.25) is 0 Å². The molecule has 0 saturated carbocycles. The summed E-state index contributed by atoms with van der Waals surface area (Å²) < 4.78 is 0. The van der Waals surface area contributed by atoms with Crippen LogP contribution in [0.2, 0.25) is 0 Å². The molecule has 4 heteroatoms. The van der Waals surface area contributed by atoms with Crippen molar-refractivity contribution >= 4 is 17.7 Å². The van der Waals surface area contributed by atoms with Gasteiger partial charge in [-0.25, -0.2) is 0 Å². The van der Waals surface area contributed by atoms with Gasteiger partial charge in [-0.1, -0.05) is 20.3 Å². The Kier molecular flexibility index (Phi) is 5.83. The Balaban J connectivity index is 2.03. The summed E-state index contributed by atoms with van der Waals surface area (Å²) in [6, 6.07) is 0.571. The number of rotatable bonds is 6. The summed E-state index contributed by atoms with van der Waals surface area (Å²) in [4.78, 5) is 4.42. The van der Waals surface area contributed by atoms with E-state index in [0.717, 1.165) is 24.8 Å². The van der Waals surface area contributed by atoms with Crippen LogP contribution < -0.4 is 10.6 Å². The van der Waals surface area contributed by atoms with E-state index in [1.165, 1.54) is 18.6 Å². The topological polar surface area (TPSA) is 36.4 Å². The van der Waals surface area contributed by atoms with Crippen molar-refractivity contribution in [1.82, 2.24) is 10.6 Å². The molecular formula is C10H21N3S. The molecule has 0 aromatic heterocycles. The van der Waals surface area contributed by atoms with E-state index < -0.39 is 0 Å². The Morgan fingerprint density at radius 2 is 2.43 bits per heavy atom. The van der Waals surface area contributed by atoms with Gasteiger partial charge in [-0.15, -0.1) is 0 Å². The van der Waals surface area contributed by atoms with Gasteiger partial charge in [0.15, 0.2) is 5.96 Å². The summed E-state index contributed by atoms with van der Waals surface area (Å²) in [5.74, 6) is 3.36. The summed E-state index contributed by atoms with van der Waals surface area (Å²) in [5, 5.41) is 6.72. The molecule has 1 heterocycles. The largest absolute Gasteiger partial charge is 0.356 e. The minimum Gasteiger partial charge on any atom is -0.356 e. The molecule has 1 aliphatic heterocycles. The smallest absolute Gasteiger partial charge is 0.191 e. The molecule has 82 valence electrons. The number of hydrogen-bond acceptors (Lipinski definition) is 4. The van der Waals surface area contributed by atoms with Gasteiger partial charge in [0, 0.05) is 18.3 Å². The molecule has 0 aromatic rings. The maximum atomic E-state index is 4.42. The SMILES string of the molecule is CCCC1CN=C(NCCSCC)N1. The van der Waals surface area contributed by atoms with Gasteiger partial charge in [-0.3, -0.25) is 4.99 Å². The van der Waals surface area contributed by atoms with Crippen LogP contribution in [0.3, 0.4) is 0 Å². The van der Waals surface area contributed by atoms with E-state index in [4.69, 9.17) is 0 Å². The third-order valence-electron chi connectivity index (χ3n) is 2.19. The lowest BCUT2D eigenvalue weighted by Crippen LogP contribution is -2.39. The molecule has 1 aliphatic rings. The van der Waals surface area contributed by atoms with E-state index in [0.29, 0.717) is 6.04 Å². The van der Waals surface area contributed by atoms with Crippen LogP contribution in [-0.2, 0) is 0 Å². The molecule has 1 atom stereocenters. The summed E-state index contributed by atoms with van der Waals surface area (Å²) in [6.07, 6.45) is 2.45. The van der Waals surface area contributed by atoms with Gasteiger partial charge in [-0.05, 0) is 12.2 Å². The highest BCUT2D eigenvalue weighted by atomic mass is 32.2. The van der Waals surface area contributed by atoms with Gasteiger partial charge in [0.05, 0.1) is 6.54 Å². The fraction of sp³-hybridized carbons (Fsp3) is 0.900. The van der Waals surface area contributed by atoms with E-state index in [9.17, 15) is 0 Å².